The van der Waals surface area contributed by atoms with Crippen LogP contribution in [-0.4, -0.2) is 34.7 Å². The highest BCUT2D eigenvalue weighted by Crippen LogP contribution is 2.26. The molecule has 0 unspecified atom stereocenters. The molecule has 7 heteroatoms. The first-order valence-corrected chi connectivity index (χ1v) is 9.04. The summed E-state index contributed by atoms with van der Waals surface area (Å²) in [7, 11) is 3.22. The molecule has 4 aromatic rings. The highest BCUT2D eigenvalue weighted by atomic mass is 16.5. The molecule has 0 bridgehead atoms. The summed E-state index contributed by atoms with van der Waals surface area (Å²) in [5, 5.41) is 7.31. The van der Waals surface area contributed by atoms with E-state index in [2.05, 4.69) is 15.4 Å². The van der Waals surface area contributed by atoms with Crippen molar-refractivity contribution in [3.8, 4) is 22.6 Å². The molecular formula is C22H20N4O3. The summed E-state index contributed by atoms with van der Waals surface area (Å²) in [5.41, 5.74) is 4.34. The molecule has 1 amide bonds. The monoisotopic (exact) mass is 388 g/mol. The van der Waals surface area contributed by atoms with E-state index in [0.717, 1.165) is 16.9 Å². The Labute approximate surface area is 167 Å². The summed E-state index contributed by atoms with van der Waals surface area (Å²) in [5.74, 6) is 1.20. The van der Waals surface area contributed by atoms with Crippen molar-refractivity contribution in [3.63, 3.8) is 0 Å². The first-order valence-electron chi connectivity index (χ1n) is 9.04. The van der Waals surface area contributed by atoms with Gasteiger partial charge in [-0.15, -0.1) is 0 Å². The molecule has 0 radical (unpaired) electrons. The van der Waals surface area contributed by atoms with E-state index in [1.807, 2.05) is 43.3 Å². The minimum atomic E-state index is -0.258. The number of fused-ring (bicyclic) bond motifs is 1. The van der Waals surface area contributed by atoms with Gasteiger partial charge < -0.3 is 14.8 Å². The van der Waals surface area contributed by atoms with Gasteiger partial charge in [-0.05, 0) is 36.8 Å². The SMILES string of the molecule is COc1ccc(-c2cnn3c(C)c(C(=O)Nc4cccc(OC)c4)cnc23)cc1. The zero-order valence-corrected chi connectivity index (χ0v) is 16.3. The van der Waals surface area contributed by atoms with Crippen LogP contribution in [0, 0.1) is 6.92 Å². The third-order valence-corrected chi connectivity index (χ3v) is 4.74. The number of nitrogens with one attached hydrogen (secondary N) is 1. The zero-order valence-electron chi connectivity index (χ0n) is 16.3. The van der Waals surface area contributed by atoms with E-state index < -0.39 is 0 Å². The van der Waals surface area contributed by atoms with Gasteiger partial charge in [-0.1, -0.05) is 18.2 Å². The summed E-state index contributed by atoms with van der Waals surface area (Å²) in [6.07, 6.45) is 3.33. The molecule has 0 aliphatic carbocycles. The van der Waals surface area contributed by atoms with Gasteiger partial charge in [0.25, 0.3) is 5.91 Å². The molecule has 0 aliphatic rings. The number of ether oxygens (including phenoxy) is 2. The molecule has 0 saturated carbocycles. The maximum atomic E-state index is 12.8. The first-order chi connectivity index (χ1) is 14.1. The van der Waals surface area contributed by atoms with Crippen molar-refractivity contribution in [3.05, 3.63) is 72.2 Å². The van der Waals surface area contributed by atoms with E-state index in [4.69, 9.17) is 9.47 Å². The Kier molecular flexibility index (Phi) is 4.87. The van der Waals surface area contributed by atoms with Gasteiger partial charge >= 0.3 is 0 Å². The number of aryl methyl sites for hydroxylation is 1. The molecule has 0 atom stereocenters. The number of benzene rings is 2. The van der Waals surface area contributed by atoms with Crippen LogP contribution in [0.15, 0.2) is 60.9 Å². The molecular weight excluding hydrogens is 368 g/mol. The molecule has 29 heavy (non-hydrogen) atoms. The molecule has 0 saturated heterocycles. The van der Waals surface area contributed by atoms with Crippen LogP contribution in [-0.2, 0) is 0 Å². The average molecular weight is 388 g/mol. The van der Waals surface area contributed by atoms with E-state index in [-0.39, 0.29) is 5.91 Å². The lowest BCUT2D eigenvalue weighted by molar-refractivity contribution is 0.102. The largest absolute Gasteiger partial charge is 0.497 e. The number of anilines is 1. The number of amides is 1. The van der Waals surface area contributed by atoms with Crippen molar-refractivity contribution in [1.82, 2.24) is 14.6 Å². The number of hydrogen-bond acceptors (Lipinski definition) is 5. The normalized spacial score (nSPS) is 10.7. The van der Waals surface area contributed by atoms with Crippen molar-refractivity contribution in [2.45, 2.75) is 6.92 Å². The third kappa shape index (κ3) is 3.50. The molecule has 146 valence electrons. The topological polar surface area (TPSA) is 77.8 Å². The van der Waals surface area contributed by atoms with Gasteiger partial charge in [0.15, 0.2) is 5.65 Å². The van der Waals surface area contributed by atoms with E-state index >= 15 is 0 Å². The maximum absolute atomic E-state index is 12.8. The summed E-state index contributed by atoms with van der Waals surface area (Å²) >= 11 is 0. The fourth-order valence-corrected chi connectivity index (χ4v) is 3.14. The average Bonchev–Trinajstić information content (AvgIpc) is 3.19. The predicted molar refractivity (Wildman–Crippen MR) is 111 cm³/mol. The van der Waals surface area contributed by atoms with Crippen LogP contribution in [0.4, 0.5) is 5.69 Å². The standard InChI is InChI=1S/C22H20N4O3/c1-14-19(22(27)25-16-5-4-6-18(11-16)29-3)12-23-21-20(13-24-26(14)21)15-7-9-17(28-2)10-8-15/h4-13H,1-3H3,(H,25,27). The lowest BCUT2D eigenvalue weighted by atomic mass is 10.1. The Hall–Kier alpha value is -3.87. The molecule has 7 nitrogen and oxygen atoms in total. The summed E-state index contributed by atoms with van der Waals surface area (Å²) in [6.45, 7) is 1.85. The first kappa shape index (κ1) is 18.5. The van der Waals surface area contributed by atoms with Crippen molar-refractivity contribution >= 4 is 17.2 Å². The lowest BCUT2D eigenvalue weighted by Crippen LogP contribution is -2.16. The van der Waals surface area contributed by atoms with Crippen molar-refractivity contribution in [1.29, 1.82) is 0 Å². The number of methoxy groups -OCH3 is 2. The summed E-state index contributed by atoms with van der Waals surface area (Å²) in [4.78, 5) is 17.3. The van der Waals surface area contributed by atoms with Gasteiger partial charge in [0.2, 0.25) is 0 Å². The summed E-state index contributed by atoms with van der Waals surface area (Å²) in [6, 6.07) is 14.9. The van der Waals surface area contributed by atoms with Crippen LogP contribution >= 0.6 is 0 Å². The molecule has 0 aliphatic heterocycles. The lowest BCUT2D eigenvalue weighted by Gasteiger charge is -2.10. The molecule has 2 aromatic carbocycles. The minimum Gasteiger partial charge on any atom is -0.497 e. The Morgan fingerprint density at radius 1 is 1.00 bits per heavy atom. The maximum Gasteiger partial charge on any atom is 0.259 e. The van der Waals surface area contributed by atoms with Crippen LogP contribution in [0.2, 0.25) is 0 Å². The number of hydrogen-bond donors (Lipinski definition) is 1. The van der Waals surface area contributed by atoms with Gasteiger partial charge in [-0.2, -0.15) is 5.10 Å². The summed E-state index contributed by atoms with van der Waals surface area (Å²) < 4.78 is 12.1. The number of nitrogens with zero attached hydrogens (tertiary/aromatic N) is 3. The number of carbonyl (C=O) groups excluding carboxylic acids is 1. The van der Waals surface area contributed by atoms with Crippen LogP contribution in [0.5, 0.6) is 11.5 Å². The van der Waals surface area contributed by atoms with E-state index in [9.17, 15) is 4.79 Å². The highest BCUT2D eigenvalue weighted by molar-refractivity contribution is 6.05. The van der Waals surface area contributed by atoms with Gasteiger partial charge in [0.05, 0.1) is 31.7 Å². The van der Waals surface area contributed by atoms with E-state index in [0.29, 0.717) is 28.3 Å². The Morgan fingerprint density at radius 2 is 1.76 bits per heavy atom. The van der Waals surface area contributed by atoms with Gasteiger partial charge in [0, 0.05) is 23.5 Å². The second-order valence-corrected chi connectivity index (χ2v) is 6.47. The Bertz CT molecular complexity index is 1180. The fraction of sp³-hybridized carbons (Fsp3) is 0.136. The zero-order chi connectivity index (χ0) is 20.4. The molecule has 4 rings (SSSR count). The Morgan fingerprint density at radius 3 is 2.48 bits per heavy atom. The van der Waals surface area contributed by atoms with Crippen molar-refractivity contribution < 1.29 is 14.3 Å². The van der Waals surface area contributed by atoms with Gasteiger partial charge in [-0.3, -0.25) is 4.79 Å². The van der Waals surface area contributed by atoms with Crippen LogP contribution in [0.1, 0.15) is 16.1 Å². The molecule has 0 fully saturated rings. The second-order valence-electron chi connectivity index (χ2n) is 6.47. The predicted octanol–water partition coefficient (Wildman–Crippen LogP) is 3.97. The molecule has 1 N–H and O–H groups in total. The smallest absolute Gasteiger partial charge is 0.259 e. The van der Waals surface area contributed by atoms with E-state index in [1.165, 1.54) is 0 Å². The molecule has 2 aromatic heterocycles. The third-order valence-electron chi connectivity index (χ3n) is 4.74. The van der Waals surface area contributed by atoms with Crippen molar-refractivity contribution in [2.75, 3.05) is 19.5 Å². The second kappa shape index (κ2) is 7.63. The van der Waals surface area contributed by atoms with Crippen LogP contribution in [0.25, 0.3) is 16.8 Å². The Balaban J connectivity index is 1.66. The quantitative estimate of drug-likeness (QED) is 0.560. The van der Waals surface area contributed by atoms with Crippen LogP contribution < -0.4 is 14.8 Å². The molecule has 2 heterocycles. The number of carbonyl (C=O) groups is 1. The number of rotatable bonds is 5. The van der Waals surface area contributed by atoms with Gasteiger partial charge in [-0.25, -0.2) is 9.50 Å². The minimum absolute atomic E-state index is 0.258. The molecule has 0 spiro atoms. The fourth-order valence-electron chi connectivity index (χ4n) is 3.14. The van der Waals surface area contributed by atoms with Crippen LogP contribution in [0.3, 0.4) is 0 Å². The highest BCUT2D eigenvalue weighted by Gasteiger charge is 2.16. The van der Waals surface area contributed by atoms with Crippen molar-refractivity contribution in [2.24, 2.45) is 0 Å². The number of aromatic nitrogens is 3. The van der Waals surface area contributed by atoms with E-state index in [1.54, 1.807) is 43.3 Å². The van der Waals surface area contributed by atoms with Gasteiger partial charge in [0.1, 0.15) is 11.5 Å².